The molecule has 0 unspecified atom stereocenters. The van der Waals surface area contributed by atoms with E-state index in [2.05, 4.69) is 41.4 Å². The van der Waals surface area contributed by atoms with Crippen molar-refractivity contribution in [3.05, 3.63) is 94.4 Å². The second-order valence-electron chi connectivity index (χ2n) is 9.88. The molecule has 5 rings (SSSR count). The number of benzene rings is 2. The fourth-order valence-electron chi connectivity index (χ4n) is 4.64. The minimum atomic E-state index is -0.358. The maximum absolute atomic E-state index is 13.0. The molecule has 0 saturated heterocycles. The molecule has 0 radical (unpaired) electrons. The molecule has 0 bridgehead atoms. The van der Waals surface area contributed by atoms with Crippen LogP contribution in [0.2, 0.25) is 0 Å². The number of nitrogens with two attached hydrogens (primary N) is 1. The van der Waals surface area contributed by atoms with E-state index >= 15 is 0 Å². The Hall–Kier alpha value is -5.98. The molecule has 3 amide bonds. The van der Waals surface area contributed by atoms with Crippen LogP contribution in [-0.4, -0.2) is 59.8 Å². The van der Waals surface area contributed by atoms with Gasteiger partial charge < -0.3 is 36.7 Å². The lowest BCUT2D eigenvalue weighted by Gasteiger charge is -2.10. The number of amides is 3. The number of nitrogen functional groups attached to an aromatic ring is 1. The summed E-state index contributed by atoms with van der Waals surface area (Å²) in [6, 6.07) is 15.6. The summed E-state index contributed by atoms with van der Waals surface area (Å²) >= 11 is 0. The van der Waals surface area contributed by atoms with Gasteiger partial charge in [-0.25, -0.2) is 4.98 Å². The van der Waals surface area contributed by atoms with Gasteiger partial charge in [0.1, 0.15) is 11.6 Å². The van der Waals surface area contributed by atoms with E-state index in [0.29, 0.717) is 75.4 Å². The number of anilines is 4. The molecule has 0 atom stereocenters. The van der Waals surface area contributed by atoms with Crippen LogP contribution in [0.25, 0.3) is 0 Å². The number of methoxy groups -OCH3 is 1. The van der Waals surface area contributed by atoms with Crippen LogP contribution in [0.1, 0.15) is 43.2 Å². The lowest BCUT2D eigenvalue weighted by molar-refractivity contribution is -0.110. The quantitative estimate of drug-likeness (QED) is 0.0702. The van der Waals surface area contributed by atoms with Crippen molar-refractivity contribution in [1.29, 1.82) is 0 Å². The molecule has 2 aromatic carbocycles. The van der Waals surface area contributed by atoms with Crippen LogP contribution in [0.3, 0.4) is 0 Å². The predicted octanol–water partition coefficient (Wildman–Crippen LogP) is 3.49. The molecule has 0 saturated carbocycles. The third-order valence-corrected chi connectivity index (χ3v) is 6.94. The Morgan fingerprint density at radius 2 is 1.89 bits per heavy atom. The summed E-state index contributed by atoms with van der Waals surface area (Å²) in [6.07, 6.45) is 2.94. The van der Waals surface area contributed by atoms with Crippen molar-refractivity contribution in [3.8, 4) is 5.75 Å². The van der Waals surface area contributed by atoms with Crippen LogP contribution in [-0.2, 0) is 4.79 Å². The molecule has 0 fully saturated rings. The van der Waals surface area contributed by atoms with Gasteiger partial charge in [0.05, 0.1) is 47.2 Å². The zero-order chi connectivity index (χ0) is 31.2. The summed E-state index contributed by atoms with van der Waals surface area (Å²) in [6.45, 7) is 4.35. The first-order valence-corrected chi connectivity index (χ1v) is 13.7. The molecule has 7 N–H and O–H groups in total. The van der Waals surface area contributed by atoms with Gasteiger partial charge in [0.15, 0.2) is 5.71 Å². The van der Waals surface area contributed by atoms with Crippen molar-refractivity contribution in [1.82, 2.24) is 15.3 Å². The summed E-state index contributed by atoms with van der Waals surface area (Å²) in [5.74, 6) is 0.252. The second-order valence-corrected chi connectivity index (χ2v) is 9.88. The van der Waals surface area contributed by atoms with Crippen LogP contribution in [0, 0.1) is 13.8 Å². The fourth-order valence-corrected chi connectivity index (χ4v) is 4.64. The SMILES string of the molecule is COc1ccc2c(c1)NC(=O)C2=NN=Cc1[nH]c(C)c(C(=O)NCCNc2ccc(C(=O)Nc3ccccc3N)cn2)c1C. The highest BCUT2D eigenvalue weighted by molar-refractivity contribution is 6.53. The molecule has 1 aliphatic heterocycles. The first kappa shape index (κ1) is 29.5. The molecule has 0 spiro atoms. The Morgan fingerprint density at radius 3 is 2.64 bits per heavy atom. The largest absolute Gasteiger partial charge is 0.497 e. The van der Waals surface area contributed by atoms with Gasteiger partial charge in [0, 0.05) is 36.6 Å². The van der Waals surface area contributed by atoms with E-state index in [-0.39, 0.29) is 23.4 Å². The van der Waals surface area contributed by atoms with Gasteiger partial charge in [0.2, 0.25) is 0 Å². The van der Waals surface area contributed by atoms with Gasteiger partial charge in [-0.1, -0.05) is 12.1 Å². The van der Waals surface area contributed by atoms with Crippen LogP contribution >= 0.6 is 0 Å². The van der Waals surface area contributed by atoms with Crippen molar-refractivity contribution in [2.24, 2.45) is 10.2 Å². The number of H-pyrrole nitrogens is 1. The first-order valence-electron chi connectivity index (χ1n) is 13.7. The molecule has 44 heavy (non-hydrogen) atoms. The summed E-state index contributed by atoms with van der Waals surface area (Å²) < 4.78 is 5.20. The van der Waals surface area contributed by atoms with E-state index in [1.165, 1.54) is 12.4 Å². The lowest BCUT2D eigenvalue weighted by atomic mass is 10.1. The average Bonchev–Trinajstić information content (AvgIpc) is 3.49. The molecule has 0 aliphatic carbocycles. The summed E-state index contributed by atoms with van der Waals surface area (Å²) in [7, 11) is 1.55. The maximum Gasteiger partial charge on any atom is 0.276 e. The molecule has 13 nitrogen and oxygen atoms in total. The zero-order valence-electron chi connectivity index (χ0n) is 24.3. The number of nitrogens with one attached hydrogen (secondary N) is 5. The fraction of sp³-hybridized carbons (Fsp3) is 0.161. The topological polar surface area (TPSA) is 188 Å². The molecule has 2 aromatic heterocycles. The van der Waals surface area contributed by atoms with Crippen molar-refractivity contribution in [2.75, 3.05) is 41.9 Å². The molecule has 224 valence electrons. The van der Waals surface area contributed by atoms with Crippen molar-refractivity contribution < 1.29 is 19.1 Å². The number of carbonyl (C=O) groups excluding carboxylic acids is 3. The van der Waals surface area contributed by atoms with Crippen LogP contribution in [0.4, 0.5) is 22.9 Å². The molecule has 1 aliphatic rings. The standard InChI is InChI=1S/C31H31N9O4/c1-17-25(16-36-40-28-21-10-9-20(44-3)14-24(21)39-31(28)43)37-18(2)27(17)30(42)34-13-12-33-26-11-8-19(15-35-26)29(41)38-23-7-5-4-6-22(23)32/h4-11,14-16,37H,12-13,32H2,1-3H3,(H,33,35)(H,34,42)(H,38,41)(H,39,40,43). The number of nitrogens with zero attached hydrogens (tertiary/aromatic N) is 3. The van der Waals surface area contributed by atoms with Gasteiger partial charge in [-0.2, -0.15) is 5.10 Å². The Balaban J connectivity index is 1.13. The smallest absolute Gasteiger partial charge is 0.276 e. The number of para-hydroxylation sites is 2. The van der Waals surface area contributed by atoms with Gasteiger partial charge in [-0.15, -0.1) is 5.10 Å². The summed E-state index contributed by atoms with van der Waals surface area (Å²) in [5, 5.41) is 19.7. The van der Waals surface area contributed by atoms with Crippen molar-refractivity contribution in [2.45, 2.75) is 13.8 Å². The minimum Gasteiger partial charge on any atom is -0.497 e. The van der Waals surface area contributed by atoms with E-state index in [1.807, 2.05) is 6.92 Å². The van der Waals surface area contributed by atoms with Gasteiger partial charge in [0.25, 0.3) is 17.7 Å². The highest BCUT2D eigenvalue weighted by Gasteiger charge is 2.26. The lowest BCUT2D eigenvalue weighted by Crippen LogP contribution is -2.29. The van der Waals surface area contributed by atoms with Gasteiger partial charge in [-0.3, -0.25) is 14.4 Å². The summed E-state index contributed by atoms with van der Waals surface area (Å²) in [5.41, 5.74) is 11.2. The molecule has 3 heterocycles. The number of aryl methyl sites for hydroxylation is 1. The Kier molecular flexibility index (Phi) is 8.65. The number of ether oxygens (including phenoxy) is 1. The number of rotatable bonds is 10. The number of carbonyl (C=O) groups is 3. The third-order valence-electron chi connectivity index (χ3n) is 6.94. The third kappa shape index (κ3) is 6.41. The van der Waals surface area contributed by atoms with Crippen LogP contribution in [0.5, 0.6) is 5.75 Å². The minimum absolute atomic E-state index is 0.190. The number of hydrogen-bond acceptors (Lipinski definition) is 9. The van der Waals surface area contributed by atoms with E-state index < -0.39 is 0 Å². The van der Waals surface area contributed by atoms with Crippen molar-refractivity contribution in [3.63, 3.8) is 0 Å². The molecule has 13 heteroatoms. The zero-order valence-corrected chi connectivity index (χ0v) is 24.3. The molecular weight excluding hydrogens is 562 g/mol. The van der Waals surface area contributed by atoms with E-state index in [0.717, 1.165) is 0 Å². The summed E-state index contributed by atoms with van der Waals surface area (Å²) in [4.78, 5) is 45.2. The number of hydrogen-bond donors (Lipinski definition) is 6. The highest BCUT2D eigenvalue weighted by Crippen LogP contribution is 2.28. The highest BCUT2D eigenvalue weighted by atomic mass is 16.5. The predicted molar refractivity (Wildman–Crippen MR) is 170 cm³/mol. The van der Waals surface area contributed by atoms with Crippen molar-refractivity contribution >= 4 is 52.5 Å². The second kappa shape index (κ2) is 12.9. The number of fused-ring (bicyclic) bond motifs is 1. The van der Waals surface area contributed by atoms with E-state index in [9.17, 15) is 14.4 Å². The first-order chi connectivity index (χ1) is 21.2. The van der Waals surface area contributed by atoms with Gasteiger partial charge >= 0.3 is 0 Å². The van der Waals surface area contributed by atoms with Crippen LogP contribution in [0.15, 0.2) is 71.0 Å². The Morgan fingerprint density at radius 1 is 1.07 bits per heavy atom. The number of aromatic nitrogens is 2. The average molecular weight is 594 g/mol. The van der Waals surface area contributed by atoms with E-state index in [4.69, 9.17) is 10.5 Å². The Bertz CT molecular complexity index is 1790. The van der Waals surface area contributed by atoms with Gasteiger partial charge in [-0.05, 0) is 55.8 Å². The normalized spacial score (nSPS) is 13.1. The number of aromatic amines is 1. The Labute approximate surface area is 253 Å². The maximum atomic E-state index is 13.0. The monoisotopic (exact) mass is 593 g/mol. The van der Waals surface area contributed by atoms with Crippen LogP contribution < -0.4 is 31.7 Å². The molecule has 4 aromatic rings. The number of pyridine rings is 1. The molecular formula is C31H31N9O4. The van der Waals surface area contributed by atoms with E-state index in [1.54, 1.807) is 68.6 Å².